The third-order valence-electron chi connectivity index (χ3n) is 8.60. The van der Waals surface area contributed by atoms with E-state index in [2.05, 4.69) is 20.9 Å². The Labute approximate surface area is 238 Å². The van der Waals surface area contributed by atoms with E-state index in [0.29, 0.717) is 13.0 Å². The van der Waals surface area contributed by atoms with E-state index in [4.69, 9.17) is 9.73 Å². The van der Waals surface area contributed by atoms with Gasteiger partial charge >= 0.3 is 5.97 Å². The summed E-state index contributed by atoms with van der Waals surface area (Å²) < 4.78 is 6.49. The van der Waals surface area contributed by atoms with Gasteiger partial charge in [-0.25, -0.2) is 4.99 Å². The van der Waals surface area contributed by atoms with Crippen molar-refractivity contribution in [2.24, 2.45) is 4.99 Å². The van der Waals surface area contributed by atoms with Gasteiger partial charge in [0.1, 0.15) is 19.7 Å². The van der Waals surface area contributed by atoms with Crippen LogP contribution in [0.2, 0.25) is 0 Å². The Hall–Kier alpha value is -0.900. The summed E-state index contributed by atoms with van der Waals surface area (Å²) in [6.07, 6.45) is 32.8. The first-order chi connectivity index (χ1) is 18.6. The van der Waals surface area contributed by atoms with Crippen molar-refractivity contribution >= 4 is 11.8 Å². The molecule has 0 saturated carbocycles. The van der Waals surface area contributed by atoms with Crippen LogP contribution in [0.15, 0.2) is 4.99 Å². The van der Waals surface area contributed by atoms with E-state index >= 15 is 0 Å². The Kier molecular flexibility index (Phi) is 23.2. The quantitative estimate of drug-likeness (QED) is 0.0568. The second-order valence-electron chi connectivity index (χ2n) is 12.3. The number of amidine groups is 1. The number of rotatable bonds is 28. The monoisotopic (exact) mass is 536 g/mol. The highest BCUT2D eigenvalue weighted by atomic mass is 16.5. The molecular formula is C34H67N2O2+. The Bertz CT molecular complexity index is 577. The van der Waals surface area contributed by atoms with Crippen molar-refractivity contribution in [3.63, 3.8) is 0 Å². The van der Waals surface area contributed by atoms with Crippen molar-refractivity contribution < 1.29 is 14.0 Å². The fourth-order valence-electron chi connectivity index (χ4n) is 5.78. The van der Waals surface area contributed by atoms with E-state index in [1.54, 1.807) is 0 Å². The molecule has 1 atom stereocenters. The minimum atomic E-state index is -0.00736. The molecule has 0 amide bonds. The van der Waals surface area contributed by atoms with Crippen LogP contribution in [-0.2, 0) is 9.53 Å². The third-order valence-corrected chi connectivity index (χ3v) is 8.60. The standard InChI is InChI=1S/C34H67N2O2/c1-4-6-8-10-12-14-15-16-17-18-19-20-22-24-26-28-34(37)38-32-31-36(3)30-29-35-33(36)27-25-23-21-13-11-9-7-5-2/h4-32H2,1-3H3/q+1. The molecule has 1 aliphatic heterocycles. The molecule has 0 bridgehead atoms. The fourth-order valence-corrected chi connectivity index (χ4v) is 5.78. The van der Waals surface area contributed by atoms with Crippen molar-refractivity contribution in [2.75, 3.05) is 33.3 Å². The number of esters is 1. The molecule has 0 radical (unpaired) electrons. The van der Waals surface area contributed by atoms with Gasteiger partial charge < -0.3 is 4.74 Å². The summed E-state index contributed by atoms with van der Waals surface area (Å²) in [7, 11) is 2.28. The summed E-state index contributed by atoms with van der Waals surface area (Å²) in [6.45, 7) is 7.96. The van der Waals surface area contributed by atoms with E-state index in [9.17, 15) is 4.79 Å². The van der Waals surface area contributed by atoms with Gasteiger partial charge in [0, 0.05) is 12.8 Å². The molecule has 0 aromatic carbocycles. The first kappa shape index (κ1) is 35.1. The smallest absolute Gasteiger partial charge is 0.305 e. The average Bonchev–Trinajstić information content (AvgIpc) is 3.27. The molecule has 0 aromatic heterocycles. The van der Waals surface area contributed by atoms with Gasteiger partial charge in [0.05, 0.1) is 13.6 Å². The van der Waals surface area contributed by atoms with Gasteiger partial charge in [0.15, 0.2) is 5.84 Å². The summed E-state index contributed by atoms with van der Waals surface area (Å²) in [5.41, 5.74) is 0. The molecule has 4 nitrogen and oxygen atoms in total. The van der Waals surface area contributed by atoms with Crippen LogP contribution >= 0.6 is 0 Å². The van der Waals surface area contributed by atoms with Crippen LogP contribution in [0.3, 0.4) is 0 Å². The largest absolute Gasteiger partial charge is 0.460 e. The maximum Gasteiger partial charge on any atom is 0.305 e. The predicted molar refractivity (Wildman–Crippen MR) is 166 cm³/mol. The van der Waals surface area contributed by atoms with E-state index in [1.807, 2.05) is 0 Å². The fraction of sp³-hybridized carbons (Fsp3) is 0.941. The van der Waals surface area contributed by atoms with Crippen LogP contribution < -0.4 is 0 Å². The minimum absolute atomic E-state index is 0.00736. The number of quaternary nitrogens is 1. The molecule has 38 heavy (non-hydrogen) atoms. The van der Waals surface area contributed by atoms with E-state index in [-0.39, 0.29) is 5.97 Å². The molecule has 224 valence electrons. The molecule has 1 rings (SSSR count). The van der Waals surface area contributed by atoms with Crippen molar-refractivity contribution in [1.29, 1.82) is 0 Å². The van der Waals surface area contributed by atoms with Gasteiger partial charge in [-0.15, -0.1) is 0 Å². The summed E-state index contributed by atoms with van der Waals surface area (Å²) >= 11 is 0. The lowest BCUT2D eigenvalue weighted by Crippen LogP contribution is -2.49. The SMILES string of the molecule is CCCCCCCCCCCCCCCCCC(=O)OCC[N+]1(C)CCN=C1CCCCCCCCCC. The zero-order valence-electron chi connectivity index (χ0n) is 26.2. The molecule has 4 heteroatoms. The summed E-state index contributed by atoms with van der Waals surface area (Å²) in [6, 6.07) is 0. The number of carbonyl (C=O) groups excluding carboxylic acids is 1. The van der Waals surface area contributed by atoms with Crippen LogP contribution in [0.25, 0.3) is 0 Å². The van der Waals surface area contributed by atoms with Crippen molar-refractivity contribution in [3.8, 4) is 0 Å². The zero-order chi connectivity index (χ0) is 27.6. The topological polar surface area (TPSA) is 38.7 Å². The van der Waals surface area contributed by atoms with Crippen LogP contribution in [0, 0.1) is 0 Å². The molecule has 1 unspecified atom stereocenters. The molecular weight excluding hydrogens is 468 g/mol. The number of ether oxygens (including phenoxy) is 1. The first-order valence-electron chi connectivity index (χ1n) is 17.2. The molecule has 0 N–H and O–H groups in total. The highest BCUT2D eigenvalue weighted by molar-refractivity contribution is 5.76. The Morgan fingerprint density at radius 1 is 0.658 bits per heavy atom. The van der Waals surface area contributed by atoms with E-state index in [0.717, 1.165) is 43.4 Å². The molecule has 0 spiro atoms. The van der Waals surface area contributed by atoms with Gasteiger partial charge in [-0.05, 0) is 12.8 Å². The number of hydrogen-bond donors (Lipinski definition) is 0. The Morgan fingerprint density at radius 3 is 1.55 bits per heavy atom. The zero-order valence-corrected chi connectivity index (χ0v) is 26.2. The molecule has 0 fully saturated rings. The predicted octanol–water partition coefficient (Wildman–Crippen LogP) is 10.2. The van der Waals surface area contributed by atoms with Gasteiger partial charge in [0.2, 0.25) is 0 Å². The summed E-state index contributed by atoms with van der Waals surface area (Å²) in [4.78, 5) is 17.0. The van der Waals surface area contributed by atoms with Crippen LogP contribution in [0.1, 0.15) is 174 Å². The van der Waals surface area contributed by atoms with Crippen molar-refractivity contribution in [1.82, 2.24) is 0 Å². The number of likely N-dealkylation sites (N-methyl/N-ethyl adjacent to an activating group) is 1. The minimum Gasteiger partial charge on any atom is -0.460 e. The second-order valence-corrected chi connectivity index (χ2v) is 12.3. The number of carbonyl (C=O) groups is 1. The van der Waals surface area contributed by atoms with E-state index < -0.39 is 0 Å². The molecule has 0 aromatic rings. The normalized spacial score (nSPS) is 17.2. The first-order valence-corrected chi connectivity index (χ1v) is 17.2. The van der Waals surface area contributed by atoms with E-state index in [1.165, 1.54) is 141 Å². The molecule has 1 aliphatic rings. The second kappa shape index (κ2) is 25.1. The van der Waals surface area contributed by atoms with Crippen LogP contribution in [0.4, 0.5) is 0 Å². The van der Waals surface area contributed by atoms with Crippen LogP contribution in [-0.4, -0.2) is 49.6 Å². The Morgan fingerprint density at radius 2 is 1.08 bits per heavy atom. The summed E-state index contributed by atoms with van der Waals surface area (Å²) in [5, 5.41) is 0. The molecule has 0 saturated heterocycles. The van der Waals surface area contributed by atoms with Crippen LogP contribution in [0.5, 0.6) is 0 Å². The number of nitrogens with zero attached hydrogens (tertiary/aromatic N) is 2. The molecule has 0 aliphatic carbocycles. The average molecular weight is 536 g/mol. The highest BCUT2D eigenvalue weighted by Gasteiger charge is 2.33. The number of unbranched alkanes of at least 4 members (excludes halogenated alkanes) is 21. The lowest BCUT2D eigenvalue weighted by molar-refractivity contribution is -0.815. The summed E-state index contributed by atoms with van der Waals surface area (Å²) in [5.74, 6) is 1.32. The third kappa shape index (κ3) is 19.2. The molecule has 1 heterocycles. The highest BCUT2D eigenvalue weighted by Crippen LogP contribution is 2.18. The van der Waals surface area contributed by atoms with Gasteiger partial charge in [-0.2, -0.15) is 0 Å². The van der Waals surface area contributed by atoms with Crippen molar-refractivity contribution in [2.45, 2.75) is 174 Å². The van der Waals surface area contributed by atoms with Gasteiger partial charge in [-0.3, -0.25) is 9.28 Å². The lowest BCUT2D eigenvalue weighted by Gasteiger charge is -2.30. The van der Waals surface area contributed by atoms with Crippen molar-refractivity contribution in [3.05, 3.63) is 0 Å². The Balaban J connectivity index is 1.93. The number of hydrogen-bond acceptors (Lipinski definition) is 3. The lowest BCUT2D eigenvalue weighted by atomic mass is 10.0. The van der Waals surface area contributed by atoms with Gasteiger partial charge in [0.25, 0.3) is 0 Å². The maximum atomic E-state index is 12.2. The number of aliphatic imine (C=N–C) groups is 1. The maximum absolute atomic E-state index is 12.2. The van der Waals surface area contributed by atoms with Gasteiger partial charge in [-0.1, -0.05) is 149 Å².